The Kier molecular flexibility index (Phi) is 19.7. The monoisotopic (exact) mass is 1120 g/mol. The molecule has 23 heteroatoms. The molecule has 0 spiro atoms. The number of aromatic carboxylic acids is 1. The summed E-state index contributed by atoms with van der Waals surface area (Å²) in [6.45, 7) is 15.1. The molecule has 1 aromatic heterocycles. The van der Waals surface area contributed by atoms with Gasteiger partial charge < -0.3 is 82.6 Å². The summed E-state index contributed by atoms with van der Waals surface area (Å²) in [6, 6.07) is 0.589. The van der Waals surface area contributed by atoms with Crippen molar-refractivity contribution in [2.45, 2.75) is 198 Å². The second-order valence-corrected chi connectivity index (χ2v) is 23.3. The highest BCUT2D eigenvalue weighted by atomic mass is 19.1. The van der Waals surface area contributed by atoms with Gasteiger partial charge in [0.05, 0.1) is 86.3 Å². The number of ketones is 1. The smallest absolute Gasteiger partial charge is 0.341 e. The molecule has 4 saturated heterocycles. The lowest BCUT2D eigenvalue weighted by atomic mass is 9.75. The fourth-order valence-corrected chi connectivity index (χ4v) is 12.3. The van der Waals surface area contributed by atoms with Gasteiger partial charge in [0.25, 0.3) is 0 Å². The zero-order valence-corrected chi connectivity index (χ0v) is 47.9. The predicted octanol–water partition coefficient (Wildman–Crippen LogP) is 4.37. The Labute approximate surface area is 460 Å². The molecule has 7 rings (SSSR count). The number of nitrogens with one attached hydrogen (secondary N) is 1. The van der Waals surface area contributed by atoms with E-state index in [1.165, 1.54) is 34.3 Å². The number of methoxy groups -OCH3 is 2. The van der Waals surface area contributed by atoms with Crippen LogP contribution in [-0.4, -0.2) is 193 Å². The maximum Gasteiger partial charge on any atom is 0.341 e. The van der Waals surface area contributed by atoms with Crippen LogP contribution in [-0.2, 0) is 57.0 Å². The normalized spacial score (nSPS) is 37.6. The highest BCUT2D eigenvalue weighted by Crippen LogP contribution is 2.46. The first-order chi connectivity index (χ1) is 37.1. The third kappa shape index (κ3) is 13.0. The van der Waals surface area contributed by atoms with E-state index < -0.39 is 130 Å². The number of hydrogen-bond acceptors (Lipinski definition) is 20. The Morgan fingerprint density at radius 2 is 1.66 bits per heavy atom. The number of halogens is 1. The predicted molar refractivity (Wildman–Crippen MR) is 282 cm³/mol. The number of carboxylic acid groups (broad SMARTS) is 1. The molecule has 79 heavy (non-hydrogen) atoms. The molecule has 0 amide bonds. The van der Waals surface area contributed by atoms with Gasteiger partial charge in [-0.15, -0.1) is 0 Å². The molecule has 2 bridgehead atoms. The maximum atomic E-state index is 15.6. The Morgan fingerprint density at radius 3 is 2.28 bits per heavy atom. The molecular formula is C56H84FN3O19. The molecule has 0 radical (unpaired) electrons. The highest BCUT2D eigenvalue weighted by Gasteiger charge is 2.57. The number of rotatable bonds is 18. The average molecular weight is 1120 g/mol. The molecule has 5 heterocycles. The first-order valence-electron chi connectivity index (χ1n) is 27.6. The quantitative estimate of drug-likeness (QED) is 0.102. The summed E-state index contributed by atoms with van der Waals surface area (Å²) in [5.41, 5.74) is -5.57. The summed E-state index contributed by atoms with van der Waals surface area (Å²) < 4.78 is 79.9. The SMILES string of the molecule is CC[C@H]1OC(=O)[C@H](C)[C@@H](O[C@H]2C[C@@](C)(OC)[C@@H](OC(=O)CCOCCNc3c(F)cc4c(=O)c(C(=O)O)cn(C5CC5)c4c3OC)[C@H](C)O2)[C@H](C)[C@@H](OC2O[C@H](C)C[C@H](N(C)C)[C@H]2O)[C@@]2(C)C[C@@H](CO2)C(=O)[C@H](C)[C@@H](O)[C@]1(C)O. The number of Topliss-reactive ketones (excluding diaryl/α,β-unsaturated/α-hetero) is 1. The number of aliphatic hydroxyl groups is 3. The fraction of sp³-hybridized carbons (Fsp3) is 0.768. The number of ether oxygens (including phenoxy) is 10. The summed E-state index contributed by atoms with van der Waals surface area (Å²) in [4.78, 5) is 69.1. The van der Waals surface area contributed by atoms with Gasteiger partial charge in [-0.1, -0.05) is 20.8 Å². The molecule has 18 atom stereocenters. The Balaban J connectivity index is 1.06. The minimum Gasteiger partial charge on any atom is -0.492 e. The van der Waals surface area contributed by atoms with Crippen molar-refractivity contribution in [1.82, 2.24) is 9.47 Å². The molecule has 5 aliphatic rings. The molecule has 2 aromatic rings. The van der Waals surface area contributed by atoms with Crippen LogP contribution in [0.25, 0.3) is 10.9 Å². The third-order valence-electron chi connectivity index (χ3n) is 17.1. The van der Waals surface area contributed by atoms with Gasteiger partial charge in [-0.3, -0.25) is 19.2 Å². The molecule has 1 aromatic carbocycles. The molecule has 1 saturated carbocycles. The number of carbonyl (C=O) groups excluding carboxylic acids is 3. The van der Waals surface area contributed by atoms with Crippen molar-refractivity contribution in [3.63, 3.8) is 0 Å². The van der Waals surface area contributed by atoms with Crippen molar-refractivity contribution in [3.8, 4) is 5.75 Å². The van der Waals surface area contributed by atoms with Gasteiger partial charge in [0.1, 0.15) is 40.4 Å². The van der Waals surface area contributed by atoms with E-state index in [-0.39, 0.29) is 98.4 Å². The van der Waals surface area contributed by atoms with Gasteiger partial charge >= 0.3 is 17.9 Å². The molecule has 22 nitrogen and oxygen atoms in total. The van der Waals surface area contributed by atoms with E-state index in [0.29, 0.717) is 6.42 Å². The second-order valence-electron chi connectivity index (χ2n) is 23.3. The van der Waals surface area contributed by atoms with Crippen LogP contribution >= 0.6 is 0 Å². The van der Waals surface area contributed by atoms with Crippen LogP contribution in [0.3, 0.4) is 0 Å². The molecule has 1 aliphatic carbocycles. The number of aromatic nitrogens is 1. The number of anilines is 1. The van der Waals surface area contributed by atoms with Crippen LogP contribution in [0.2, 0.25) is 0 Å². The summed E-state index contributed by atoms with van der Waals surface area (Å²) in [5, 5.41) is 47.7. The van der Waals surface area contributed by atoms with Crippen LogP contribution < -0.4 is 15.5 Å². The number of benzene rings is 1. The number of esters is 2. The number of hydrogen-bond donors (Lipinski definition) is 5. The Bertz CT molecular complexity index is 2580. The number of carbonyl (C=O) groups is 4. The Morgan fingerprint density at radius 1 is 0.962 bits per heavy atom. The Hall–Kier alpha value is -4.40. The lowest BCUT2D eigenvalue weighted by Crippen LogP contribution is -2.61. The van der Waals surface area contributed by atoms with Crippen molar-refractivity contribution in [1.29, 1.82) is 0 Å². The summed E-state index contributed by atoms with van der Waals surface area (Å²) in [5.74, 6) is -7.66. The van der Waals surface area contributed by atoms with E-state index in [1.807, 2.05) is 32.8 Å². The van der Waals surface area contributed by atoms with Crippen molar-refractivity contribution in [2.24, 2.45) is 23.7 Å². The minimum atomic E-state index is -2.04. The maximum absolute atomic E-state index is 15.6. The number of likely N-dealkylation sites (N-methyl/N-ethyl adjacent to an activating group) is 1. The summed E-state index contributed by atoms with van der Waals surface area (Å²) in [6.07, 6.45) is -7.18. The van der Waals surface area contributed by atoms with E-state index in [2.05, 4.69) is 5.32 Å². The van der Waals surface area contributed by atoms with E-state index >= 15 is 4.39 Å². The first kappa shape index (κ1) is 62.2. The molecule has 4 aliphatic heterocycles. The molecule has 1 unspecified atom stereocenters. The molecule has 444 valence electrons. The fourth-order valence-electron chi connectivity index (χ4n) is 12.3. The zero-order chi connectivity index (χ0) is 58.2. The number of fused-ring (bicyclic) bond motifs is 3. The number of nitrogens with zero attached hydrogens (tertiary/aromatic N) is 2. The van der Waals surface area contributed by atoms with Crippen LogP contribution in [0.15, 0.2) is 17.1 Å². The van der Waals surface area contributed by atoms with Crippen LogP contribution in [0.5, 0.6) is 5.75 Å². The standard InChI is InChI=1S/C56H84FN3O19/c1-14-38-56(9,69)48(65)28(3)43(62)32-23-55(8,73-26-32)49(79-53-45(64)37(59(10)11)21-27(2)74-53)29(4)46(30(5)52(68)76-38)78-40-24-54(7,71-13)50(31(6)75-40)77-39(61)17-19-72-20-18-58-41-36(57)22-34-42(47(41)70-12)60(33-15-16-33)25-35(44(34)63)51(66)67/h22,25,27-33,37-38,40,45-46,48-50,53,58,64-65,69H,14-21,23-24,26H2,1-13H3,(H,66,67)/t27-,28+,29+,30-,31+,32+,37+,38-,40+,45-,46+,48-,49-,50+,53?,54-,55-,56-/m1/s1. The molecule has 5 fully saturated rings. The van der Waals surface area contributed by atoms with E-state index in [1.54, 1.807) is 39.2 Å². The van der Waals surface area contributed by atoms with E-state index in [4.69, 9.17) is 47.4 Å². The van der Waals surface area contributed by atoms with Crippen LogP contribution in [0.4, 0.5) is 10.1 Å². The number of cyclic esters (lactones) is 1. The number of aliphatic hydroxyl groups excluding tert-OH is 2. The molecule has 5 N–H and O–H groups in total. The third-order valence-corrected chi connectivity index (χ3v) is 17.1. The minimum absolute atomic E-state index is 0.00995. The van der Waals surface area contributed by atoms with Gasteiger partial charge in [-0.05, 0) is 93.8 Å². The first-order valence-corrected chi connectivity index (χ1v) is 27.6. The van der Waals surface area contributed by atoms with E-state index in [9.17, 15) is 44.4 Å². The lowest BCUT2D eigenvalue weighted by molar-refractivity contribution is -0.318. The van der Waals surface area contributed by atoms with Crippen molar-refractivity contribution >= 4 is 40.3 Å². The van der Waals surface area contributed by atoms with E-state index in [0.717, 1.165) is 18.9 Å². The molecular weight excluding hydrogens is 1040 g/mol. The van der Waals surface area contributed by atoms with Crippen molar-refractivity contribution in [3.05, 3.63) is 33.9 Å². The average Bonchev–Trinajstić information content (AvgIpc) is 4.41. The number of carboxylic acids is 1. The topological polar surface area (TPSA) is 279 Å². The van der Waals surface area contributed by atoms with Gasteiger partial charge in [-0.2, -0.15) is 0 Å². The zero-order valence-electron chi connectivity index (χ0n) is 47.9. The summed E-state index contributed by atoms with van der Waals surface area (Å²) in [7, 11) is 6.51. The van der Waals surface area contributed by atoms with Gasteiger partial charge in [0, 0.05) is 56.1 Å². The van der Waals surface area contributed by atoms with Crippen LogP contribution in [0.1, 0.15) is 124 Å². The second kappa shape index (κ2) is 25.0. The van der Waals surface area contributed by atoms with Crippen molar-refractivity contribution < 1.29 is 91.4 Å². The summed E-state index contributed by atoms with van der Waals surface area (Å²) >= 11 is 0. The number of pyridine rings is 1. The van der Waals surface area contributed by atoms with Gasteiger partial charge in [0.15, 0.2) is 30.3 Å². The van der Waals surface area contributed by atoms with Gasteiger partial charge in [-0.25, -0.2) is 9.18 Å². The van der Waals surface area contributed by atoms with Crippen molar-refractivity contribution in [2.75, 3.05) is 60.0 Å². The van der Waals surface area contributed by atoms with Gasteiger partial charge in [0.2, 0.25) is 5.43 Å². The highest BCUT2D eigenvalue weighted by molar-refractivity contribution is 5.97. The van der Waals surface area contributed by atoms with Crippen LogP contribution in [0, 0.1) is 29.5 Å². The largest absolute Gasteiger partial charge is 0.492 e. The lowest BCUT2D eigenvalue weighted by Gasteiger charge is -2.49.